The molecule has 1 rings (SSSR count). The maximum atomic E-state index is 12.2. The van der Waals surface area contributed by atoms with E-state index < -0.39 is 0 Å². The highest BCUT2D eigenvalue weighted by atomic mass is 16.5. The quantitative estimate of drug-likeness (QED) is 0.732. The minimum Gasteiger partial charge on any atom is -0.497 e. The highest BCUT2D eigenvalue weighted by Gasteiger charge is 2.13. The molecule has 0 aliphatic carbocycles. The number of amides is 2. The van der Waals surface area contributed by atoms with Crippen molar-refractivity contribution < 1.29 is 19.4 Å². The number of urea groups is 1. The van der Waals surface area contributed by atoms with Crippen molar-refractivity contribution in [3.05, 3.63) is 23.8 Å². The van der Waals surface area contributed by atoms with Crippen LogP contribution in [0.3, 0.4) is 0 Å². The van der Waals surface area contributed by atoms with E-state index in [-0.39, 0.29) is 12.6 Å². The number of hydrogen-bond acceptors (Lipinski definition) is 4. The van der Waals surface area contributed by atoms with Crippen molar-refractivity contribution in [2.24, 2.45) is 0 Å². The largest absolute Gasteiger partial charge is 0.497 e. The molecule has 0 atom stereocenters. The van der Waals surface area contributed by atoms with Crippen molar-refractivity contribution in [1.82, 2.24) is 10.2 Å². The van der Waals surface area contributed by atoms with Gasteiger partial charge in [-0.25, -0.2) is 4.79 Å². The number of rotatable bonds is 9. The molecular formula is C16H26N2O4. The SMILES string of the molecule is CCCCN(CCO)C(=O)NCc1ccc(OC)cc1OC. The number of hydrogen-bond donors (Lipinski definition) is 2. The van der Waals surface area contributed by atoms with E-state index >= 15 is 0 Å². The first kappa shape index (κ1) is 18.1. The molecule has 2 amide bonds. The summed E-state index contributed by atoms with van der Waals surface area (Å²) in [6, 6.07) is 5.29. The van der Waals surface area contributed by atoms with E-state index in [2.05, 4.69) is 12.2 Å². The van der Waals surface area contributed by atoms with Crippen molar-refractivity contribution in [2.75, 3.05) is 33.9 Å². The molecule has 0 aliphatic heterocycles. The highest BCUT2D eigenvalue weighted by molar-refractivity contribution is 5.74. The molecule has 2 N–H and O–H groups in total. The molecule has 0 heterocycles. The summed E-state index contributed by atoms with van der Waals surface area (Å²) in [7, 11) is 3.18. The summed E-state index contributed by atoms with van der Waals surface area (Å²) >= 11 is 0. The number of aliphatic hydroxyl groups excluding tert-OH is 1. The summed E-state index contributed by atoms with van der Waals surface area (Å²) < 4.78 is 10.5. The zero-order chi connectivity index (χ0) is 16.4. The average molecular weight is 310 g/mol. The predicted octanol–water partition coefficient (Wildman–Crippen LogP) is 2.01. The van der Waals surface area contributed by atoms with Crippen LogP contribution in [-0.2, 0) is 6.54 Å². The Labute approximate surface area is 132 Å². The van der Waals surface area contributed by atoms with Gasteiger partial charge in [-0.15, -0.1) is 0 Å². The Morgan fingerprint density at radius 3 is 2.64 bits per heavy atom. The van der Waals surface area contributed by atoms with E-state index in [0.29, 0.717) is 31.1 Å². The Hall–Kier alpha value is -1.95. The zero-order valence-electron chi connectivity index (χ0n) is 13.6. The third-order valence-corrected chi connectivity index (χ3v) is 3.36. The van der Waals surface area contributed by atoms with E-state index in [0.717, 1.165) is 18.4 Å². The van der Waals surface area contributed by atoms with Gasteiger partial charge >= 0.3 is 6.03 Å². The summed E-state index contributed by atoms with van der Waals surface area (Å²) in [4.78, 5) is 13.8. The van der Waals surface area contributed by atoms with E-state index in [4.69, 9.17) is 14.6 Å². The molecule has 0 unspecified atom stereocenters. The molecule has 124 valence electrons. The molecule has 22 heavy (non-hydrogen) atoms. The molecule has 1 aromatic rings. The summed E-state index contributed by atoms with van der Waals surface area (Å²) in [6.45, 7) is 3.37. The molecule has 0 spiro atoms. The molecule has 0 saturated carbocycles. The Kier molecular flexibility index (Phi) is 8.14. The Balaban J connectivity index is 2.65. The number of nitrogens with one attached hydrogen (secondary N) is 1. The Morgan fingerprint density at radius 2 is 2.05 bits per heavy atom. The summed E-state index contributed by atoms with van der Waals surface area (Å²) in [6.07, 6.45) is 1.92. The fourth-order valence-electron chi connectivity index (χ4n) is 2.07. The molecule has 0 saturated heterocycles. The molecule has 0 aliphatic rings. The third-order valence-electron chi connectivity index (χ3n) is 3.36. The highest BCUT2D eigenvalue weighted by Crippen LogP contribution is 2.24. The van der Waals surface area contributed by atoms with Crippen LogP contribution in [0.4, 0.5) is 4.79 Å². The number of ether oxygens (including phenoxy) is 2. The number of methoxy groups -OCH3 is 2. The van der Waals surface area contributed by atoms with Crippen LogP contribution < -0.4 is 14.8 Å². The maximum Gasteiger partial charge on any atom is 0.317 e. The van der Waals surface area contributed by atoms with Gasteiger partial charge in [0.15, 0.2) is 0 Å². The van der Waals surface area contributed by atoms with E-state index in [1.165, 1.54) is 0 Å². The number of unbranched alkanes of at least 4 members (excludes halogenated alkanes) is 1. The Bertz CT molecular complexity index is 465. The number of nitrogens with zero attached hydrogens (tertiary/aromatic N) is 1. The van der Waals surface area contributed by atoms with Gasteiger partial charge in [0.1, 0.15) is 11.5 Å². The smallest absolute Gasteiger partial charge is 0.317 e. The van der Waals surface area contributed by atoms with Crippen LogP contribution in [0.25, 0.3) is 0 Å². The lowest BCUT2D eigenvalue weighted by molar-refractivity contribution is 0.176. The lowest BCUT2D eigenvalue weighted by Gasteiger charge is -2.22. The minimum atomic E-state index is -0.180. The first-order valence-electron chi connectivity index (χ1n) is 7.50. The van der Waals surface area contributed by atoms with Gasteiger partial charge in [-0.1, -0.05) is 13.3 Å². The maximum absolute atomic E-state index is 12.2. The zero-order valence-corrected chi connectivity index (χ0v) is 13.6. The first-order valence-corrected chi connectivity index (χ1v) is 7.50. The topological polar surface area (TPSA) is 71.0 Å². The summed E-state index contributed by atoms with van der Waals surface area (Å²) in [5.41, 5.74) is 0.871. The van der Waals surface area contributed by atoms with Gasteiger partial charge in [-0.3, -0.25) is 0 Å². The summed E-state index contributed by atoms with van der Waals surface area (Å²) in [5.74, 6) is 1.37. The second-order valence-corrected chi connectivity index (χ2v) is 4.90. The molecule has 0 bridgehead atoms. The molecular weight excluding hydrogens is 284 g/mol. The molecule has 6 heteroatoms. The van der Waals surface area contributed by atoms with Crippen molar-refractivity contribution >= 4 is 6.03 Å². The van der Waals surface area contributed by atoms with Crippen LogP contribution in [0.5, 0.6) is 11.5 Å². The number of carbonyl (C=O) groups is 1. The van der Waals surface area contributed by atoms with Gasteiger partial charge in [0.05, 0.1) is 20.8 Å². The minimum absolute atomic E-state index is 0.0387. The van der Waals surface area contributed by atoms with Crippen LogP contribution >= 0.6 is 0 Å². The van der Waals surface area contributed by atoms with Gasteiger partial charge < -0.3 is 24.8 Å². The number of benzene rings is 1. The standard InChI is InChI=1S/C16H26N2O4/c1-4-5-8-18(9-10-19)16(20)17-12-13-6-7-14(21-2)11-15(13)22-3/h6-7,11,19H,4-5,8-10,12H2,1-3H3,(H,17,20). The molecule has 1 aromatic carbocycles. The van der Waals surface area contributed by atoms with Crippen molar-refractivity contribution in [1.29, 1.82) is 0 Å². The molecule has 0 fully saturated rings. The van der Waals surface area contributed by atoms with Gasteiger partial charge in [0.2, 0.25) is 0 Å². The van der Waals surface area contributed by atoms with Gasteiger partial charge in [0, 0.05) is 31.3 Å². The lowest BCUT2D eigenvalue weighted by Crippen LogP contribution is -2.41. The van der Waals surface area contributed by atoms with Gasteiger partial charge in [-0.05, 0) is 18.6 Å². The van der Waals surface area contributed by atoms with Crippen molar-refractivity contribution in [2.45, 2.75) is 26.3 Å². The average Bonchev–Trinajstić information content (AvgIpc) is 2.56. The van der Waals surface area contributed by atoms with E-state index in [9.17, 15) is 4.79 Å². The van der Waals surface area contributed by atoms with Crippen LogP contribution in [0, 0.1) is 0 Å². The van der Waals surface area contributed by atoms with E-state index in [1.807, 2.05) is 12.1 Å². The number of carbonyl (C=O) groups excluding carboxylic acids is 1. The van der Waals surface area contributed by atoms with Gasteiger partial charge in [0.25, 0.3) is 0 Å². The third kappa shape index (κ3) is 5.44. The second-order valence-electron chi connectivity index (χ2n) is 4.90. The predicted molar refractivity (Wildman–Crippen MR) is 85.3 cm³/mol. The van der Waals surface area contributed by atoms with Crippen LogP contribution in [0.1, 0.15) is 25.3 Å². The molecule has 6 nitrogen and oxygen atoms in total. The molecule has 0 aromatic heterocycles. The summed E-state index contributed by atoms with van der Waals surface area (Å²) in [5, 5.41) is 11.9. The van der Waals surface area contributed by atoms with Crippen LogP contribution in [-0.4, -0.2) is 50.0 Å². The Morgan fingerprint density at radius 1 is 1.27 bits per heavy atom. The van der Waals surface area contributed by atoms with Crippen molar-refractivity contribution in [3.8, 4) is 11.5 Å². The normalized spacial score (nSPS) is 10.2. The first-order chi connectivity index (χ1) is 10.7. The fourth-order valence-corrected chi connectivity index (χ4v) is 2.07. The monoisotopic (exact) mass is 310 g/mol. The second kappa shape index (κ2) is 9.89. The van der Waals surface area contributed by atoms with Crippen molar-refractivity contribution in [3.63, 3.8) is 0 Å². The van der Waals surface area contributed by atoms with Crippen LogP contribution in [0.15, 0.2) is 18.2 Å². The number of aliphatic hydroxyl groups is 1. The van der Waals surface area contributed by atoms with Crippen LogP contribution in [0.2, 0.25) is 0 Å². The fraction of sp³-hybridized carbons (Fsp3) is 0.562. The van der Waals surface area contributed by atoms with Gasteiger partial charge in [-0.2, -0.15) is 0 Å². The molecule has 0 radical (unpaired) electrons. The lowest BCUT2D eigenvalue weighted by atomic mass is 10.2. The van der Waals surface area contributed by atoms with E-state index in [1.54, 1.807) is 25.2 Å².